The summed E-state index contributed by atoms with van der Waals surface area (Å²) in [5.41, 5.74) is 7.53. The van der Waals surface area contributed by atoms with Crippen molar-refractivity contribution in [3.8, 4) is 5.88 Å². The maximum atomic E-state index is 11.3. The Morgan fingerprint density at radius 2 is 1.90 bits per heavy atom. The van der Waals surface area contributed by atoms with E-state index in [0.29, 0.717) is 28.2 Å². The molecule has 0 fully saturated rings. The van der Waals surface area contributed by atoms with Crippen molar-refractivity contribution in [3.63, 3.8) is 0 Å². The van der Waals surface area contributed by atoms with Crippen molar-refractivity contribution in [1.82, 2.24) is 4.73 Å². The Bertz CT molecular complexity index is 731. The van der Waals surface area contributed by atoms with Crippen molar-refractivity contribution in [2.45, 2.75) is 13.8 Å². The normalized spacial score (nSPS) is 11.6. The highest BCUT2D eigenvalue weighted by Crippen LogP contribution is 2.22. The number of hydrogen-bond donors (Lipinski definition) is 3. The molecule has 6 nitrogen and oxygen atoms in total. The number of aryl methyl sites for hydroxylation is 1. The molecule has 0 saturated carbocycles. The average molecular weight is 273 g/mol. The van der Waals surface area contributed by atoms with E-state index in [4.69, 9.17) is 5.73 Å². The smallest absolute Gasteiger partial charge is 0.286 e. The molecule has 0 aliphatic carbocycles. The van der Waals surface area contributed by atoms with Gasteiger partial charge in [0.1, 0.15) is 0 Å². The molecule has 0 bridgehead atoms. The minimum absolute atomic E-state index is 0.199. The summed E-state index contributed by atoms with van der Waals surface area (Å²) >= 11 is 0. The zero-order valence-corrected chi connectivity index (χ0v) is 11.2. The first-order valence-electron chi connectivity index (χ1n) is 5.96. The number of benzene rings is 1. The van der Waals surface area contributed by atoms with E-state index in [1.54, 1.807) is 38.1 Å². The maximum absolute atomic E-state index is 11.3. The number of nitrogen functional groups attached to an aromatic ring is 1. The summed E-state index contributed by atoms with van der Waals surface area (Å²) in [5.74, 6) is -0.522. The van der Waals surface area contributed by atoms with Gasteiger partial charge in [-0.1, -0.05) is 0 Å². The molecule has 0 saturated heterocycles. The minimum atomic E-state index is -0.691. The lowest BCUT2D eigenvalue weighted by molar-refractivity contribution is 0.143. The highest BCUT2D eigenvalue weighted by molar-refractivity contribution is 6.03. The maximum Gasteiger partial charge on any atom is 0.286 e. The van der Waals surface area contributed by atoms with Gasteiger partial charge in [-0.2, -0.15) is 0 Å². The third-order valence-corrected chi connectivity index (χ3v) is 2.92. The first kappa shape index (κ1) is 13.7. The monoisotopic (exact) mass is 273 g/mol. The number of aromatic nitrogens is 1. The Morgan fingerprint density at radius 3 is 2.50 bits per heavy atom. The van der Waals surface area contributed by atoms with Crippen LogP contribution in [0.15, 0.2) is 40.1 Å². The number of anilines is 1. The van der Waals surface area contributed by atoms with Crippen molar-refractivity contribution < 1.29 is 10.3 Å². The summed E-state index contributed by atoms with van der Waals surface area (Å²) in [5, 5.41) is 19.3. The zero-order valence-electron chi connectivity index (χ0n) is 11.2. The van der Waals surface area contributed by atoms with Crippen molar-refractivity contribution in [2.24, 2.45) is 4.99 Å². The number of nitrogens with two attached hydrogens (primary N) is 1. The van der Waals surface area contributed by atoms with Crippen LogP contribution in [0, 0.1) is 6.92 Å². The van der Waals surface area contributed by atoms with Crippen LogP contribution in [-0.2, 0) is 0 Å². The van der Waals surface area contributed by atoms with Crippen molar-refractivity contribution in [1.29, 1.82) is 0 Å². The molecule has 1 aromatic carbocycles. The van der Waals surface area contributed by atoms with E-state index in [1.807, 2.05) is 0 Å². The van der Waals surface area contributed by atoms with Crippen LogP contribution in [0.2, 0.25) is 0 Å². The fraction of sp³-hybridized carbons (Fsp3) is 0.143. The molecule has 6 heteroatoms. The molecule has 20 heavy (non-hydrogen) atoms. The summed E-state index contributed by atoms with van der Waals surface area (Å²) in [6.07, 6.45) is 0. The van der Waals surface area contributed by atoms with E-state index < -0.39 is 11.4 Å². The van der Waals surface area contributed by atoms with Crippen LogP contribution >= 0.6 is 0 Å². The minimum Gasteiger partial charge on any atom is -0.492 e. The lowest BCUT2D eigenvalue weighted by atomic mass is 10.1. The van der Waals surface area contributed by atoms with Gasteiger partial charge >= 0.3 is 0 Å². The van der Waals surface area contributed by atoms with Crippen LogP contribution < -0.4 is 11.3 Å². The second kappa shape index (κ2) is 5.08. The third kappa shape index (κ3) is 2.49. The zero-order chi connectivity index (χ0) is 14.9. The molecule has 1 heterocycles. The Labute approximate surface area is 115 Å². The first-order chi connectivity index (χ1) is 9.40. The first-order valence-corrected chi connectivity index (χ1v) is 5.96. The summed E-state index contributed by atoms with van der Waals surface area (Å²) in [6, 6.07) is 8.13. The van der Waals surface area contributed by atoms with E-state index in [-0.39, 0.29) is 4.73 Å². The number of rotatable bonds is 2. The Balaban J connectivity index is 2.54. The van der Waals surface area contributed by atoms with Gasteiger partial charge in [0.25, 0.3) is 5.56 Å². The molecule has 0 aliphatic heterocycles. The number of aliphatic imine (C=N–C) groups is 1. The highest BCUT2D eigenvalue weighted by atomic mass is 16.5. The number of hydrogen-bond acceptors (Lipinski definition) is 5. The molecular formula is C14H15N3O3. The summed E-state index contributed by atoms with van der Waals surface area (Å²) in [7, 11) is 0. The highest BCUT2D eigenvalue weighted by Gasteiger charge is 2.14. The Morgan fingerprint density at radius 1 is 1.30 bits per heavy atom. The predicted molar refractivity (Wildman–Crippen MR) is 77.0 cm³/mol. The second-order valence-corrected chi connectivity index (χ2v) is 4.46. The largest absolute Gasteiger partial charge is 0.492 e. The van der Waals surface area contributed by atoms with E-state index in [2.05, 4.69) is 4.99 Å². The van der Waals surface area contributed by atoms with Crippen LogP contribution in [0.1, 0.15) is 18.1 Å². The van der Waals surface area contributed by atoms with Gasteiger partial charge in [0.15, 0.2) is 0 Å². The molecule has 2 aromatic rings. The number of nitrogens with zero attached hydrogens (tertiary/aromatic N) is 2. The van der Waals surface area contributed by atoms with Gasteiger partial charge in [-0.3, -0.25) is 9.79 Å². The molecule has 0 unspecified atom stereocenters. The Hall–Kier alpha value is -2.76. The van der Waals surface area contributed by atoms with Gasteiger partial charge < -0.3 is 16.0 Å². The molecule has 4 N–H and O–H groups in total. The molecule has 2 rings (SSSR count). The van der Waals surface area contributed by atoms with Crippen molar-refractivity contribution >= 4 is 17.1 Å². The standard InChI is InChI=1S/C14H15N3O3/c1-8-7-12(18)17(20)14(19)13(8)9(2)16-11-5-3-10(15)4-6-11/h3-7,19-20H,15H2,1-2H3. The van der Waals surface area contributed by atoms with Crippen LogP contribution in [0.4, 0.5) is 11.4 Å². The van der Waals surface area contributed by atoms with Crippen LogP contribution in [0.5, 0.6) is 5.88 Å². The Kier molecular flexibility index (Phi) is 3.47. The summed E-state index contributed by atoms with van der Waals surface area (Å²) < 4.78 is 0.199. The number of aromatic hydroxyl groups is 1. The van der Waals surface area contributed by atoms with Gasteiger partial charge in [0.05, 0.1) is 17.0 Å². The van der Waals surface area contributed by atoms with E-state index in [0.717, 1.165) is 0 Å². The van der Waals surface area contributed by atoms with Crippen molar-refractivity contribution in [2.75, 3.05) is 5.73 Å². The molecule has 0 aliphatic rings. The van der Waals surface area contributed by atoms with E-state index in [1.165, 1.54) is 6.07 Å². The topological polar surface area (TPSA) is 101 Å². The lowest BCUT2D eigenvalue weighted by Gasteiger charge is -2.10. The molecule has 0 amide bonds. The van der Waals surface area contributed by atoms with E-state index in [9.17, 15) is 15.1 Å². The molecule has 104 valence electrons. The van der Waals surface area contributed by atoms with Crippen molar-refractivity contribution in [3.05, 3.63) is 51.8 Å². The van der Waals surface area contributed by atoms with Gasteiger partial charge in [0.2, 0.25) is 5.88 Å². The molecular weight excluding hydrogens is 258 g/mol. The molecule has 0 radical (unpaired) electrons. The fourth-order valence-corrected chi connectivity index (χ4v) is 1.95. The quantitative estimate of drug-likeness (QED) is 0.441. The van der Waals surface area contributed by atoms with Gasteiger partial charge in [-0.05, 0) is 43.7 Å². The van der Waals surface area contributed by atoms with Crippen LogP contribution in [-0.4, -0.2) is 20.8 Å². The third-order valence-electron chi connectivity index (χ3n) is 2.92. The predicted octanol–water partition coefficient (Wildman–Crippen LogP) is 1.82. The fourth-order valence-electron chi connectivity index (χ4n) is 1.95. The molecule has 0 atom stereocenters. The van der Waals surface area contributed by atoms with Gasteiger partial charge in [0, 0.05) is 11.8 Å². The van der Waals surface area contributed by atoms with Crippen LogP contribution in [0.25, 0.3) is 0 Å². The number of pyridine rings is 1. The van der Waals surface area contributed by atoms with Gasteiger partial charge in [-0.15, -0.1) is 4.73 Å². The van der Waals surface area contributed by atoms with E-state index >= 15 is 0 Å². The SMILES string of the molecule is CC(=Nc1ccc(N)cc1)c1c(C)cc(=O)n(O)c1O. The average Bonchev–Trinajstić information content (AvgIpc) is 2.39. The lowest BCUT2D eigenvalue weighted by Crippen LogP contribution is -2.20. The van der Waals surface area contributed by atoms with Gasteiger partial charge in [-0.25, -0.2) is 0 Å². The molecule has 1 aromatic heterocycles. The summed E-state index contributed by atoms with van der Waals surface area (Å²) in [4.78, 5) is 15.7. The van der Waals surface area contributed by atoms with Crippen LogP contribution in [0.3, 0.4) is 0 Å². The summed E-state index contributed by atoms with van der Waals surface area (Å²) in [6.45, 7) is 3.35. The second-order valence-electron chi connectivity index (χ2n) is 4.46. The molecule has 0 spiro atoms.